The van der Waals surface area contributed by atoms with Crippen LogP contribution in [0.4, 0.5) is 0 Å². The van der Waals surface area contributed by atoms with E-state index in [1.165, 1.54) is 25.1 Å². The molecule has 0 saturated heterocycles. The van der Waals surface area contributed by atoms with E-state index in [0.29, 0.717) is 12.1 Å². The van der Waals surface area contributed by atoms with Crippen molar-refractivity contribution in [2.24, 2.45) is 0 Å². The molecule has 0 bridgehead atoms. The van der Waals surface area contributed by atoms with Gasteiger partial charge in [0, 0.05) is 12.1 Å². The van der Waals surface area contributed by atoms with Gasteiger partial charge in [-0.1, -0.05) is 25.5 Å². The molecule has 0 unspecified atom stereocenters. The second-order valence-corrected chi connectivity index (χ2v) is 6.22. The number of nitrogens with one attached hydrogen (secondary N) is 1. The molecule has 0 aliphatic carbocycles. The van der Waals surface area contributed by atoms with Gasteiger partial charge >= 0.3 is 5.97 Å². The third-order valence-electron chi connectivity index (χ3n) is 2.71. The molecule has 0 aromatic heterocycles. The summed E-state index contributed by atoms with van der Waals surface area (Å²) >= 11 is 0. The van der Waals surface area contributed by atoms with Gasteiger partial charge < -0.3 is 5.11 Å². The molecular weight excluding hydrogens is 278 g/mol. The lowest BCUT2D eigenvalue weighted by atomic mass is 10.1. The highest BCUT2D eigenvalue weighted by Gasteiger charge is 2.13. The van der Waals surface area contributed by atoms with E-state index in [-0.39, 0.29) is 10.5 Å². The SMILES string of the molecule is CCCCNS(=O)(=O)c1cccc(/C=C(\C)C(=O)O)c1. The van der Waals surface area contributed by atoms with E-state index < -0.39 is 16.0 Å². The van der Waals surface area contributed by atoms with Crippen LogP contribution < -0.4 is 4.72 Å². The monoisotopic (exact) mass is 297 g/mol. The molecule has 6 heteroatoms. The highest BCUT2D eigenvalue weighted by atomic mass is 32.2. The van der Waals surface area contributed by atoms with Crippen molar-refractivity contribution in [2.75, 3.05) is 6.54 Å². The van der Waals surface area contributed by atoms with Crippen LogP contribution in [-0.4, -0.2) is 26.0 Å². The number of sulfonamides is 1. The van der Waals surface area contributed by atoms with Gasteiger partial charge in [-0.05, 0) is 37.1 Å². The van der Waals surface area contributed by atoms with Crippen LogP contribution in [0.15, 0.2) is 34.7 Å². The molecule has 5 nitrogen and oxygen atoms in total. The van der Waals surface area contributed by atoms with Gasteiger partial charge in [-0.2, -0.15) is 0 Å². The van der Waals surface area contributed by atoms with Crippen LogP contribution in [0.3, 0.4) is 0 Å². The number of hydrogen-bond acceptors (Lipinski definition) is 3. The summed E-state index contributed by atoms with van der Waals surface area (Å²) < 4.78 is 26.6. The van der Waals surface area contributed by atoms with Crippen LogP contribution in [0.5, 0.6) is 0 Å². The number of carboxylic acid groups (broad SMARTS) is 1. The summed E-state index contributed by atoms with van der Waals surface area (Å²) in [5, 5.41) is 8.82. The van der Waals surface area contributed by atoms with Crippen LogP contribution in [0.25, 0.3) is 6.08 Å². The Labute approximate surface area is 119 Å². The molecular formula is C14H19NO4S. The van der Waals surface area contributed by atoms with Crippen LogP contribution in [0.2, 0.25) is 0 Å². The zero-order chi connectivity index (χ0) is 15.2. The van der Waals surface area contributed by atoms with E-state index in [1.54, 1.807) is 12.1 Å². The molecule has 0 heterocycles. The van der Waals surface area contributed by atoms with Gasteiger partial charge in [0.15, 0.2) is 0 Å². The Balaban J connectivity index is 2.98. The molecule has 1 aromatic carbocycles. The van der Waals surface area contributed by atoms with Gasteiger partial charge in [0.25, 0.3) is 0 Å². The molecule has 0 radical (unpaired) electrons. The third-order valence-corrected chi connectivity index (χ3v) is 4.17. The second-order valence-electron chi connectivity index (χ2n) is 4.46. The maximum atomic E-state index is 12.0. The number of aliphatic carboxylic acids is 1. The Hall–Kier alpha value is -1.66. The van der Waals surface area contributed by atoms with Gasteiger partial charge in [-0.15, -0.1) is 0 Å². The van der Waals surface area contributed by atoms with Crippen molar-refractivity contribution in [3.05, 3.63) is 35.4 Å². The number of carbonyl (C=O) groups is 1. The summed E-state index contributed by atoms with van der Waals surface area (Å²) in [6.45, 7) is 3.84. The predicted octanol–water partition coefficient (Wildman–Crippen LogP) is 2.25. The van der Waals surface area contributed by atoms with Crippen LogP contribution in [0, 0.1) is 0 Å². The van der Waals surface area contributed by atoms with Crippen LogP contribution >= 0.6 is 0 Å². The summed E-state index contributed by atoms with van der Waals surface area (Å²) in [5.41, 5.74) is 0.696. The lowest BCUT2D eigenvalue weighted by molar-refractivity contribution is -0.132. The molecule has 1 rings (SSSR count). The van der Waals surface area contributed by atoms with Crippen molar-refractivity contribution in [3.63, 3.8) is 0 Å². The number of benzene rings is 1. The first-order valence-corrected chi connectivity index (χ1v) is 7.86. The van der Waals surface area contributed by atoms with Gasteiger partial charge in [-0.25, -0.2) is 17.9 Å². The zero-order valence-corrected chi connectivity index (χ0v) is 12.4. The van der Waals surface area contributed by atoms with Crippen molar-refractivity contribution in [1.29, 1.82) is 0 Å². The molecule has 110 valence electrons. The largest absolute Gasteiger partial charge is 0.478 e. The Bertz CT molecular complexity index is 605. The quantitative estimate of drug-likeness (QED) is 0.597. The molecule has 0 atom stereocenters. The highest BCUT2D eigenvalue weighted by Crippen LogP contribution is 2.14. The average Bonchev–Trinajstić information content (AvgIpc) is 2.39. The van der Waals surface area contributed by atoms with E-state index in [0.717, 1.165) is 12.8 Å². The predicted molar refractivity (Wildman–Crippen MR) is 77.8 cm³/mol. The molecule has 0 aliphatic rings. The highest BCUT2D eigenvalue weighted by molar-refractivity contribution is 7.89. The number of carboxylic acids is 1. The second kappa shape index (κ2) is 7.21. The fourth-order valence-electron chi connectivity index (χ4n) is 1.55. The first kappa shape index (κ1) is 16.4. The van der Waals surface area contributed by atoms with Gasteiger partial charge in [0.1, 0.15) is 0 Å². The fraction of sp³-hybridized carbons (Fsp3) is 0.357. The first-order chi connectivity index (χ1) is 9.36. The standard InChI is InChI=1S/C14H19NO4S/c1-3-4-8-15-20(18,19)13-7-5-6-12(10-13)9-11(2)14(16)17/h5-7,9-10,15H,3-4,8H2,1-2H3,(H,16,17)/b11-9+. The Morgan fingerprint density at radius 3 is 2.70 bits per heavy atom. The Morgan fingerprint density at radius 1 is 1.40 bits per heavy atom. The van der Waals surface area contributed by atoms with E-state index in [4.69, 9.17) is 5.11 Å². The summed E-state index contributed by atoms with van der Waals surface area (Å²) in [5.74, 6) is -1.03. The maximum Gasteiger partial charge on any atom is 0.331 e. The Kier molecular flexibility index (Phi) is 5.91. The summed E-state index contributed by atoms with van der Waals surface area (Å²) in [7, 11) is -3.54. The molecule has 0 aliphatic heterocycles. The third kappa shape index (κ3) is 4.79. The minimum atomic E-state index is -3.54. The maximum absolute atomic E-state index is 12.0. The Morgan fingerprint density at radius 2 is 2.10 bits per heavy atom. The summed E-state index contributed by atoms with van der Waals surface area (Å²) in [4.78, 5) is 10.9. The van der Waals surface area contributed by atoms with E-state index in [2.05, 4.69) is 4.72 Å². The molecule has 20 heavy (non-hydrogen) atoms. The van der Waals surface area contributed by atoms with Crippen molar-refractivity contribution in [1.82, 2.24) is 4.72 Å². The van der Waals surface area contributed by atoms with Crippen molar-refractivity contribution in [2.45, 2.75) is 31.6 Å². The smallest absolute Gasteiger partial charge is 0.331 e. The molecule has 0 amide bonds. The molecule has 0 saturated carbocycles. The van der Waals surface area contributed by atoms with Crippen molar-refractivity contribution < 1.29 is 18.3 Å². The van der Waals surface area contributed by atoms with Crippen LogP contribution in [-0.2, 0) is 14.8 Å². The van der Waals surface area contributed by atoms with Crippen molar-refractivity contribution >= 4 is 22.1 Å². The minimum Gasteiger partial charge on any atom is -0.478 e. The number of hydrogen-bond donors (Lipinski definition) is 2. The summed E-state index contributed by atoms with van der Waals surface area (Å²) in [6.07, 6.45) is 3.12. The van der Waals surface area contributed by atoms with Crippen LogP contribution in [0.1, 0.15) is 32.3 Å². The lowest BCUT2D eigenvalue weighted by Gasteiger charge is -2.07. The van der Waals surface area contributed by atoms with E-state index >= 15 is 0 Å². The zero-order valence-electron chi connectivity index (χ0n) is 11.6. The minimum absolute atomic E-state index is 0.139. The van der Waals surface area contributed by atoms with Gasteiger partial charge in [0.05, 0.1) is 4.90 Å². The first-order valence-electron chi connectivity index (χ1n) is 6.38. The molecule has 0 fully saturated rings. The topological polar surface area (TPSA) is 83.5 Å². The summed E-state index contributed by atoms with van der Waals surface area (Å²) in [6, 6.07) is 6.20. The van der Waals surface area contributed by atoms with Gasteiger partial charge in [0.2, 0.25) is 10.0 Å². The van der Waals surface area contributed by atoms with E-state index in [9.17, 15) is 13.2 Å². The molecule has 0 spiro atoms. The molecule has 1 aromatic rings. The molecule has 2 N–H and O–H groups in total. The number of rotatable bonds is 7. The number of unbranched alkanes of at least 4 members (excludes halogenated alkanes) is 1. The average molecular weight is 297 g/mol. The van der Waals surface area contributed by atoms with Gasteiger partial charge in [-0.3, -0.25) is 0 Å². The normalized spacial score (nSPS) is 12.4. The van der Waals surface area contributed by atoms with E-state index in [1.807, 2.05) is 6.92 Å². The van der Waals surface area contributed by atoms with Crippen molar-refractivity contribution in [3.8, 4) is 0 Å². The fourth-order valence-corrected chi connectivity index (χ4v) is 2.68. The lowest BCUT2D eigenvalue weighted by Crippen LogP contribution is -2.24.